The first-order valence-corrected chi connectivity index (χ1v) is 6.45. The Labute approximate surface area is 99.2 Å². The summed E-state index contributed by atoms with van der Waals surface area (Å²) in [5.41, 5.74) is 5.41. The summed E-state index contributed by atoms with van der Waals surface area (Å²) in [4.78, 5) is 11.4. The third-order valence-electron chi connectivity index (χ3n) is 3.24. The maximum atomic E-state index is 11.4. The van der Waals surface area contributed by atoms with Crippen LogP contribution in [0.4, 0.5) is 0 Å². The van der Waals surface area contributed by atoms with E-state index < -0.39 is 0 Å². The minimum absolute atomic E-state index is 0.0473. The van der Waals surface area contributed by atoms with Gasteiger partial charge in [0.1, 0.15) is 0 Å². The molecule has 3 nitrogen and oxygen atoms in total. The number of primary amides is 1. The summed E-state index contributed by atoms with van der Waals surface area (Å²) < 4.78 is 0. The van der Waals surface area contributed by atoms with Crippen molar-refractivity contribution >= 4 is 5.91 Å². The quantitative estimate of drug-likeness (QED) is 0.772. The van der Waals surface area contributed by atoms with Gasteiger partial charge in [0, 0.05) is 5.54 Å². The zero-order valence-electron chi connectivity index (χ0n) is 10.9. The Morgan fingerprint density at radius 1 is 1.31 bits per heavy atom. The molecule has 1 amide bonds. The van der Waals surface area contributed by atoms with Gasteiger partial charge in [0.15, 0.2) is 0 Å². The molecule has 0 bridgehead atoms. The molecule has 0 radical (unpaired) electrons. The average molecular weight is 226 g/mol. The Balaban J connectivity index is 2.47. The molecule has 3 heteroatoms. The highest BCUT2D eigenvalue weighted by Gasteiger charge is 2.25. The van der Waals surface area contributed by atoms with Gasteiger partial charge in [0.05, 0.1) is 6.04 Å². The van der Waals surface area contributed by atoms with Crippen LogP contribution in [0, 0.1) is 5.92 Å². The second kappa shape index (κ2) is 5.67. The maximum Gasteiger partial charge on any atom is 0.234 e. The van der Waals surface area contributed by atoms with Gasteiger partial charge in [-0.15, -0.1) is 0 Å². The van der Waals surface area contributed by atoms with Crippen molar-refractivity contribution in [2.24, 2.45) is 11.7 Å². The number of carbonyl (C=O) groups excluding carboxylic acids is 1. The Kier molecular flexibility index (Phi) is 4.78. The second-order valence-corrected chi connectivity index (χ2v) is 6.09. The molecule has 0 saturated heterocycles. The van der Waals surface area contributed by atoms with Gasteiger partial charge >= 0.3 is 0 Å². The van der Waals surface area contributed by atoms with E-state index in [2.05, 4.69) is 26.1 Å². The van der Waals surface area contributed by atoms with Crippen LogP contribution in [0.15, 0.2) is 0 Å². The van der Waals surface area contributed by atoms with Crippen LogP contribution in [-0.4, -0.2) is 17.5 Å². The van der Waals surface area contributed by atoms with Gasteiger partial charge in [-0.05, 0) is 33.1 Å². The second-order valence-electron chi connectivity index (χ2n) is 6.09. The Morgan fingerprint density at radius 2 is 1.88 bits per heavy atom. The summed E-state index contributed by atoms with van der Waals surface area (Å²) in [6.07, 6.45) is 7.40. The van der Waals surface area contributed by atoms with E-state index in [4.69, 9.17) is 5.73 Å². The van der Waals surface area contributed by atoms with Crippen LogP contribution in [0.25, 0.3) is 0 Å². The lowest BCUT2D eigenvalue weighted by Gasteiger charge is -2.30. The highest BCUT2D eigenvalue weighted by atomic mass is 16.1. The smallest absolute Gasteiger partial charge is 0.234 e. The molecule has 0 aliphatic heterocycles. The highest BCUT2D eigenvalue weighted by molar-refractivity contribution is 5.79. The predicted octanol–water partition coefficient (Wildman–Crippen LogP) is 2.20. The molecule has 1 saturated carbocycles. The maximum absolute atomic E-state index is 11.4. The van der Waals surface area contributed by atoms with Crippen LogP contribution in [0.1, 0.15) is 59.3 Å². The van der Waals surface area contributed by atoms with Crippen molar-refractivity contribution in [2.75, 3.05) is 0 Å². The number of nitrogens with two attached hydrogens (primary N) is 1. The molecule has 1 fully saturated rings. The average Bonchev–Trinajstić information content (AvgIpc) is 2.16. The molecule has 16 heavy (non-hydrogen) atoms. The molecule has 0 unspecified atom stereocenters. The summed E-state index contributed by atoms with van der Waals surface area (Å²) in [5.74, 6) is 0.474. The van der Waals surface area contributed by atoms with Crippen LogP contribution in [0.3, 0.4) is 0 Å². The Bertz CT molecular complexity index is 227. The fraction of sp³-hybridized carbons (Fsp3) is 0.923. The van der Waals surface area contributed by atoms with Crippen molar-refractivity contribution in [1.82, 2.24) is 5.32 Å². The van der Waals surface area contributed by atoms with Gasteiger partial charge in [0.2, 0.25) is 5.91 Å². The topological polar surface area (TPSA) is 55.1 Å². The SMILES string of the molecule is CC(C)(C)N[C@@H](CC1CCCCC1)C(N)=O. The third kappa shape index (κ3) is 4.97. The predicted molar refractivity (Wildman–Crippen MR) is 67.1 cm³/mol. The molecule has 1 atom stereocenters. The first kappa shape index (κ1) is 13.5. The van der Waals surface area contributed by atoms with Gasteiger partial charge in [-0.3, -0.25) is 4.79 Å². The normalized spacial score (nSPS) is 20.7. The molecular formula is C13H26N2O. The lowest BCUT2D eigenvalue weighted by Crippen LogP contribution is -2.51. The van der Waals surface area contributed by atoms with Crippen LogP contribution < -0.4 is 11.1 Å². The molecule has 0 spiro atoms. The van der Waals surface area contributed by atoms with Crippen LogP contribution in [-0.2, 0) is 4.79 Å². The fourth-order valence-electron chi connectivity index (χ4n) is 2.53. The van der Waals surface area contributed by atoms with Crippen molar-refractivity contribution < 1.29 is 4.79 Å². The van der Waals surface area contributed by atoms with Crippen LogP contribution in [0.2, 0.25) is 0 Å². The molecule has 0 heterocycles. The van der Waals surface area contributed by atoms with Gasteiger partial charge in [-0.1, -0.05) is 32.1 Å². The molecule has 1 aliphatic rings. The van der Waals surface area contributed by atoms with Crippen molar-refractivity contribution in [2.45, 2.75) is 70.9 Å². The Morgan fingerprint density at radius 3 is 2.31 bits per heavy atom. The fourth-order valence-corrected chi connectivity index (χ4v) is 2.53. The van der Waals surface area contributed by atoms with E-state index in [1.807, 2.05) is 0 Å². The lowest BCUT2D eigenvalue weighted by molar-refractivity contribution is -0.121. The largest absolute Gasteiger partial charge is 0.368 e. The molecular weight excluding hydrogens is 200 g/mol. The zero-order valence-corrected chi connectivity index (χ0v) is 10.9. The van der Waals surface area contributed by atoms with Crippen LogP contribution in [0.5, 0.6) is 0 Å². The minimum Gasteiger partial charge on any atom is -0.368 e. The summed E-state index contributed by atoms with van der Waals surface area (Å²) in [5, 5.41) is 3.33. The van der Waals surface area contributed by atoms with E-state index in [-0.39, 0.29) is 17.5 Å². The number of rotatable bonds is 4. The first-order chi connectivity index (χ1) is 7.38. The summed E-state index contributed by atoms with van der Waals surface area (Å²) in [7, 11) is 0. The monoisotopic (exact) mass is 226 g/mol. The minimum atomic E-state index is -0.208. The van der Waals surface area contributed by atoms with E-state index in [9.17, 15) is 4.79 Å². The number of hydrogen-bond donors (Lipinski definition) is 2. The Hall–Kier alpha value is -0.570. The summed E-state index contributed by atoms with van der Waals surface area (Å²) in [6.45, 7) is 6.22. The number of carbonyl (C=O) groups is 1. The van der Waals surface area contributed by atoms with Crippen LogP contribution >= 0.6 is 0 Å². The summed E-state index contributed by atoms with van der Waals surface area (Å²) in [6, 6.07) is -0.164. The van der Waals surface area contributed by atoms with Gasteiger partial charge < -0.3 is 11.1 Å². The van der Waals surface area contributed by atoms with E-state index >= 15 is 0 Å². The molecule has 94 valence electrons. The summed E-state index contributed by atoms with van der Waals surface area (Å²) >= 11 is 0. The lowest BCUT2D eigenvalue weighted by atomic mass is 9.84. The van der Waals surface area contributed by atoms with Crippen molar-refractivity contribution in [3.05, 3.63) is 0 Å². The van der Waals surface area contributed by atoms with E-state index in [0.717, 1.165) is 6.42 Å². The number of nitrogens with one attached hydrogen (secondary N) is 1. The van der Waals surface area contributed by atoms with Crippen molar-refractivity contribution in [3.8, 4) is 0 Å². The highest BCUT2D eigenvalue weighted by Crippen LogP contribution is 2.27. The molecule has 0 aromatic heterocycles. The molecule has 0 aromatic rings. The van der Waals surface area contributed by atoms with E-state index in [1.54, 1.807) is 0 Å². The molecule has 0 aromatic carbocycles. The van der Waals surface area contributed by atoms with Gasteiger partial charge in [0.25, 0.3) is 0 Å². The van der Waals surface area contributed by atoms with Gasteiger partial charge in [-0.25, -0.2) is 0 Å². The first-order valence-electron chi connectivity index (χ1n) is 6.45. The standard InChI is InChI=1S/C13H26N2O/c1-13(2,3)15-11(12(14)16)9-10-7-5-4-6-8-10/h10-11,15H,4-9H2,1-3H3,(H2,14,16)/t11-/m0/s1. The zero-order chi connectivity index (χ0) is 12.2. The third-order valence-corrected chi connectivity index (χ3v) is 3.24. The molecule has 1 aliphatic carbocycles. The van der Waals surface area contributed by atoms with E-state index in [0.29, 0.717) is 5.92 Å². The van der Waals surface area contributed by atoms with Gasteiger partial charge in [-0.2, -0.15) is 0 Å². The number of amides is 1. The molecule has 3 N–H and O–H groups in total. The van der Waals surface area contributed by atoms with Crippen molar-refractivity contribution in [1.29, 1.82) is 0 Å². The van der Waals surface area contributed by atoms with E-state index in [1.165, 1.54) is 32.1 Å². The van der Waals surface area contributed by atoms with Crippen molar-refractivity contribution in [3.63, 3.8) is 0 Å². The molecule has 1 rings (SSSR count). The number of hydrogen-bond acceptors (Lipinski definition) is 2.